The molecule has 0 unspecified atom stereocenters. The molecule has 0 amide bonds. The zero-order chi connectivity index (χ0) is 42.1. The van der Waals surface area contributed by atoms with Crippen LogP contribution in [0.3, 0.4) is 0 Å². The van der Waals surface area contributed by atoms with Gasteiger partial charge in [-0.2, -0.15) is 0 Å². The average Bonchev–Trinajstić information content (AvgIpc) is 4.02. The van der Waals surface area contributed by atoms with Gasteiger partial charge in [0.2, 0.25) is 5.89 Å². The number of para-hydroxylation sites is 3. The SMILES string of the molecule is c1cc(-c2ccc3ccccc3c2)cc(-c2nc(-c3cc(-c4nc5ccccc5o4)cc(-c4nc5ccccc5s4)c3)nc(-c3ccc4c5ccccc5c5ccccc5c4c3)n2)c1. The number of fused-ring (bicyclic) bond motifs is 9. The summed E-state index contributed by atoms with van der Waals surface area (Å²) in [5.74, 6) is 2.18. The summed E-state index contributed by atoms with van der Waals surface area (Å²) in [6.07, 6.45) is 0. The minimum absolute atomic E-state index is 0.511. The van der Waals surface area contributed by atoms with E-state index in [4.69, 9.17) is 29.3 Å². The van der Waals surface area contributed by atoms with Gasteiger partial charge in [0, 0.05) is 27.8 Å². The Morgan fingerprint density at radius 1 is 0.312 bits per heavy atom. The lowest BCUT2D eigenvalue weighted by molar-refractivity contribution is 0.620. The van der Waals surface area contributed by atoms with Crippen LogP contribution in [0.1, 0.15) is 0 Å². The van der Waals surface area contributed by atoms with Gasteiger partial charge in [-0.05, 0) is 115 Å². The lowest BCUT2D eigenvalue weighted by Gasteiger charge is -2.13. The van der Waals surface area contributed by atoms with Crippen LogP contribution in [0.2, 0.25) is 0 Å². The van der Waals surface area contributed by atoms with E-state index in [-0.39, 0.29) is 0 Å². The van der Waals surface area contributed by atoms with Crippen LogP contribution in [-0.2, 0) is 0 Å². The molecule has 298 valence electrons. The quantitative estimate of drug-likeness (QED) is 0.155. The Hall–Kier alpha value is -8.39. The maximum Gasteiger partial charge on any atom is 0.227 e. The summed E-state index contributed by atoms with van der Waals surface area (Å²) in [7, 11) is 0. The van der Waals surface area contributed by atoms with E-state index in [1.165, 1.54) is 37.7 Å². The van der Waals surface area contributed by atoms with E-state index in [1.54, 1.807) is 11.3 Å². The second-order valence-electron chi connectivity index (χ2n) is 16.1. The topological polar surface area (TPSA) is 77.6 Å². The van der Waals surface area contributed by atoms with Crippen molar-refractivity contribution in [3.8, 4) is 67.3 Å². The van der Waals surface area contributed by atoms with E-state index in [9.17, 15) is 0 Å². The van der Waals surface area contributed by atoms with Crippen molar-refractivity contribution >= 4 is 75.7 Å². The van der Waals surface area contributed by atoms with Gasteiger partial charge in [-0.15, -0.1) is 11.3 Å². The van der Waals surface area contributed by atoms with Crippen molar-refractivity contribution in [1.82, 2.24) is 24.9 Å². The number of hydrogen-bond acceptors (Lipinski definition) is 7. The van der Waals surface area contributed by atoms with Crippen LogP contribution in [0.4, 0.5) is 0 Å². The van der Waals surface area contributed by atoms with Crippen LogP contribution in [0.15, 0.2) is 205 Å². The first kappa shape index (κ1) is 36.3. The molecule has 13 rings (SSSR count). The van der Waals surface area contributed by atoms with Gasteiger partial charge in [0.15, 0.2) is 23.1 Å². The summed E-state index contributed by atoms with van der Waals surface area (Å²) in [6.45, 7) is 0. The van der Waals surface area contributed by atoms with Crippen LogP contribution in [0.25, 0.3) is 132 Å². The first-order valence-electron chi connectivity index (χ1n) is 21.2. The lowest BCUT2D eigenvalue weighted by atomic mass is 9.93. The predicted molar refractivity (Wildman–Crippen MR) is 263 cm³/mol. The maximum atomic E-state index is 6.39. The number of benzene rings is 10. The minimum atomic E-state index is 0.511. The van der Waals surface area contributed by atoms with E-state index in [0.717, 1.165) is 70.7 Å². The van der Waals surface area contributed by atoms with Gasteiger partial charge >= 0.3 is 0 Å². The molecule has 0 fully saturated rings. The monoisotopic (exact) mass is 835 g/mol. The van der Waals surface area contributed by atoms with Gasteiger partial charge in [-0.25, -0.2) is 24.9 Å². The highest BCUT2D eigenvalue weighted by atomic mass is 32.1. The van der Waals surface area contributed by atoms with Gasteiger partial charge in [0.25, 0.3) is 0 Å². The third-order valence-corrected chi connectivity index (χ3v) is 13.2. The lowest BCUT2D eigenvalue weighted by Crippen LogP contribution is -2.01. The third kappa shape index (κ3) is 6.21. The number of oxazole rings is 1. The molecule has 0 saturated heterocycles. The summed E-state index contributed by atoms with van der Waals surface area (Å²) >= 11 is 1.65. The molecule has 3 aromatic heterocycles. The van der Waals surface area contributed by atoms with E-state index in [0.29, 0.717) is 23.4 Å². The second-order valence-corrected chi connectivity index (χ2v) is 17.1. The molecule has 13 aromatic rings. The van der Waals surface area contributed by atoms with E-state index in [2.05, 4.69) is 158 Å². The van der Waals surface area contributed by atoms with Crippen molar-refractivity contribution in [1.29, 1.82) is 0 Å². The maximum absolute atomic E-state index is 6.39. The molecular formula is C57H33N5OS. The van der Waals surface area contributed by atoms with Crippen LogP contribution in [-0.4, -0.2) is 24.9 Å². The summed E-state index contributed by atoms with van der Waals surface area (Å²) < 4.78 is 7.50. The first-order chi connectivity index (χ1) is 31.6. The molecule has 7 heteroatoms. The zero-order valence-corrected chi connectivity index (χ0v) is 34.9. The number of hydrogen-bond donors (Lipinski definition) is 0. The van der Waals surface area contributed by atoms with Crippen LogP contribution in [0, 0.1) is 0 Å². The Morgan fingerprint density at radius 3 is 1.62 bits per heavy atom. The van der Waals surface area contributed by atoms with Crippen LogP contribution in [0.5, 0.6) is 0 Å². The van der Waals surface area contributed by atoms with Gasteiger partial charge in [0.1, 0.15) is 10.5 Å². The summed E-state index contributed by atoms with van der Waals surface area (Å²) in [5.41, 5.74) is 8.94. The number of rotatable bonds is 6. The van der Waals surface area contributed by atoms with E-state index in [1.807, 2.05) is 42.5 Å². The Kier molecular flexibility index (Phi) is 8.29. The normalized spacial score (nSPS) is 11.8. The third-order valence-electron chi connectivity index (χ3n) is 12.1. The smallest absolute Gasteiger partial charge is 0.227 e. The molecule has 0 N–H and O–H groups in total. The molecule has 0 aliphatic rings. The largest absolute Gasteiger partial charge is 0.436 e. The molecule has 0 bridgehead atoms. The molecule has 0 atom stereocenters. The van der Waals surface area contributed by atoms with Crippen LogP contribution >= 0.6 is 11.3 Å². The Morgan fingerprint density at radius 2 is 0.859 bits per heavy atom. The molecule has 0 saturated carbocycles. The molecule has 10 aromatic carbocycles. The second kappa shape index (κ2) is 14.6. The summed E-state index contributed by atoms with van der Waals surface area (Å²) in [6, 6.07) is 69.7. The molecule has 6 nitrogen and oxygen atoms in total. The molecular weight excluding hydrogens is 803 g/mol. The number of nitrogens with zero attached hydrogens (tertiary/aromatic N) is 5. The van der Waals surface area contributed by atoms with Crippen LogP contribution < -0.4 is 0 Å². The summed E-state index contributed by atoms with van der Waals surface area (Å²) in [5, 5.41) is 10.4. The Labute approximate surface area is 370 Å². The molecule has 0 aliphatic carbocycles. The molecule has 0 radical (unpaired) electrons. The molecule has 0 aliphatic heterocycles. The van der Waals surface area contributed by atoms with E-state index >= 15 is 0 Å². The van der Waals surface area contributed by atoms with Crippen molar-refractivity contribution in [3.63, 3.8) is 0 Å². The van der Waals surface area contributed by atoms with Crippen molar-refractivity contribution in [2.24, 2.45) is 0 Å². The van der Waals surface area contributed by atoms with Gasteiger partial charge in [0.05, 0.1) is 10.2 Å². The first-order valence-corrected chi connectivity index (χ1v) is 22.0. The number of aromatic nitrogens is 5. The standard InChI is InChI=1S/C57H33N5OS/c1-2-13-35-28-37(25-24-34(35)12-1)36-14-11-15-38(29-36)53-60-54(39-26-27-47-45-18-4-3-16-43(45)44-17-5-6-19-46(44)48(47)33-39)62-55(61-53)40-30-41(56-58-49-20-7-9-22-51(49)63-56)32-42(31-40)57-59-50-21-8-10-23-52(50)64-57/h1-33H. The molecule has 0 spiro atoms. The van der Waals surface area contributed by atoms with E-state index < -0.39 is 0 Å². The average molecular weight is 836 g/mol. The van der Waals surface area contributed by atoms with Gasteiger partial charge in [-0.1, -0.05) is 140 Å². The van der Waals surface area contributed by atoms with Gasteiger partial charge in [-0.3, -0.25) is 0 Å². The number of thiazole rings is 1. The highest BCUT2D eigenvalue weighted by Gasteiger charge is 2.19. The fourth-order valence-corrected chi connectivity index (χ4v) is 9.96. The minimum Gasteiger partial charge on any atom is -0.436 e. The highest BCUT2D eigenvalue weighted by molar-refractivity contribution is 7.21. The Bertz CT molecular complexity index is 3810. The predicted octanol–water partition coefficient (Wildman–Crippen LogP) is 15.2. The van der Waals surface area contributed by atoms with Crippen molar-refractivity contribution in [3.05, 3.63) is 200 Å². The molecule has 64 heavy (non-hydrogen) atoms. The van der Waals surface area contributed by atoms with Crippen molar-refractivity contribution in [2.45, 2.75) is 0 Å². The highest BCUT2D eigenvalue weighted by Crippen LogP contribution is 2.40. The fraction of sp³-hybridized carbons (Fsp3) is 0. The van der Waals surface area contributed by atoms with Crippen molar-refractivity contribution < 1.29 is 4.42 Å². The van der Waals surface area contributed by atoms with Gasteiger partial charge < -0.3 is 4.42 Å². The summed E-state index contributed by atoms with van der Waals surface area (Å²) in [4.78, 5) is 25.9. The zero-order valence-electron chi connectivity index (χ0n) is 34.1. The van der Waals surface area contributed by atoms with Crippen molar-refractivity contribution in [2.75, 3.05) is 0 Å². The fourth-order valence-electron chi connectivity index (χ4n) is 9.01. The molecule has 3 heterocycles. The Balaban J connectivity index is 1.04.